The largest absolute Gasteiger partial charge is 0.417 e. The van der Waals surface area contributed by atoms with Crippen LogP contribution in [0, 0.1) is 5.82 Å². The molecule has 0 amide bonds. The van der Waals surface area contributed by atoms with Gasteiger partial charge in [0.1, 0.15) is 5.82 Å². The van der Waals surface area contributed by atoms with E-state index < -0.39 is 34.2 Å². The number of nitrogens with one attached hydrogen (secondary N) is 1. The average molecular weight is 407 g/mol. The zero-order valence-corrected chi connectivity index (χ0v) is 15.9. The second-order valence-electron chi connectivity index (χ2n) is 6.38. The van der Waals surface area contributed by atoms with Gasteiger partial charge in [-0.3, -0.25) is 0 Å². The highest BCUT2D eigenvalue weighted by Crippen LogP contribution is 2.28. The maximum atomic E-state index is 13.5. The normalized spacial score (nSPS) is 14.3. The first-order valence-electron chi connectivity index (χ1n) is 7.62. The number of ether oxygens (including phenoxy) is 1. The molecule has 2 atom stereocenters. The van der Waals surface area contributed by atoms with Crippen LogP contribution in [0.5, 0.6) is 5.88 Å². The van der Waals surface area contributed by atoms with E-state index in [9.17, 15) is 17.4 Å². The van der Waals surface area contributed by atoms with Gasteiger partial charge >= 0.3 is 6.61 Å². The smallest absolute Gasteiger partial charge is 0.388 e. The molecule has 0 saturated heterocycles. The van der Waals surface area contributed by atoms with Crippen molar-refractivity contribution in [2.24, 2.45) is 0 Å². The summed E-state index contributed by atoms with van der Waals surface area (Å²) in [6, 6.07) is 7.57. The highest BCUT2D eigenvalue weighted by Gasteiger charge is 2.26. The highest BCUT2D eigenvalue weighted by atomic mass is 35.5. The minimum absolute atomic E-state index is 0.115. The standard InChI is InChI=1S/C17H18ClF3N2O2S/c1-17(2,3)26(24)23-15(10-7-8-12(19)11(18)9-10)13-5-4-6-14(22-13)25-16(20)21/h4-9,15-16,23H,1-3H3/t15?,26-/m1/s1. The number of aromatic nitrogens is 1. The van der Waals surface area contributed by atoms with E-state index in [1.54, 1.807) is 26.8 Å². The third kappa shape index (κ3) is 5.43. The van der Waals surface area contributed by atoms with E-state index in [0.29, 0.717) is 5.56 Å². The van der Waals surface area contributed by atoms with E-state index in [2.05, 4.69) is 14.4 Å². The Balaban J connectivity index is 2.46. The third-order valence-corrected chi connectivity index (χ3v) is 5.16. The number of rotatable bonds is 6. The number of halogens is 4. The summed E-state index contributed by atoms with van der Waals surface area (Å²) in [5.41, 5.74) is 0.763. The molecule has 1 heterocycles. The lowest BCUT2D eigenvalue weighted by Crippen LogP contribution is -2.36. The summed E-state index contributed by atoms with van der Waals surface area (Å²) in [5.74, 6) is -0.882. The minimum atomic E-state index is -3.02. The minimum Gasteiger partial charge on any atom is -0.417 e. The Morgan fingerprint density at radius 1 is 1.23 bits per heavy atom. The second-order valence-corrected chi connectivity index (χ2v) is 8.79. The van der Waals surface area contributed by atoms with E-state index in [0.717, 1.165) is 0 Å². The van der Waals surface area contributed by atoms with Crippen LogP contribution in [0.3, 0.4) is 0 Å². The van der Waals surface area contributed by atoms with E-state index in [-0.39, 0.29) is 16.6 Å². The van der Waals surface area contributed by atoms with Gasteiger partial charge in [-0.2, -0.15) is 8.78 Å². The summed E-state index contributed by atoms with van der Waals surface area (Å²) >= 11 is 5.85. The van der Waals surface area contributed by atoms with E-state index in [4.69, 9.17) is 11.6 Å². The second kappa shape index (κ2) is 8.37. The molecule has 1 N–H and O–H groups in total. The van der Waals surface area contributed by atoms with Crippen LogP contribution < -0.4 is 9.46 Å². The van der Waals surface area contributed by atoms with Crippen molar-refractivity contribution in [3.8, 4) is 5.88 Å². The number of hydrogen-bond donors (Lipinski definition) is 1. The number of nitrogens with zero attached hydrogens (tertiary/aromatic N) is 1. The predicted octanol–water partition coefficient (Wildman–Crippen LogP) is 4.62. The van der Waals surface area contributed by atoms with Gasteiger partial charge in [-0.15, -0.1) is 0 Å². The number of hydrogen-bond acceptors (Lipinski definition) is 3. The Labute approximate surface area is 157 Å². The summed E-state index contributed by atoms with van der Waals surface area (Å²) in [5, 5.41) is -0.115. The van der Waals surface area contributed by atoms with E-state index >= 15 is 0 Å². The van der Waals surface area contributed by atoms with Gasteiger partial charge in [0.05, 0.1) is 32.5 Å². The van der Waals surface area contributed by atoms with Crippen LogP contribution in [-0.4, -0.2) is 20.6 Å². The molecule has 1 aromatic carbocycles. The molecule has 26 heavy (non-hydrogen) atoms. The van der Waals surface area contributed by atoms with Crippen LogP contribution in [0.25, 0.3) is 0 Å². The molecule has 2 aromatic rings. The Morgan fingerprint density at radius 3 is 2.50 bits per heavy atom. The van der Waals surface area contributed by atoms with Gasteiger partial charge in [-0.05, 0) is 44.5 Å². The molecule has 142 valence electrons. The molecule has 0 saturated carbocycles. The third-order valence-electron chi connectivity index (χ3n) is 3.31. The molecule has 0 spiro atoms. The van der Waals surface area contributed by atoms with Gasteiger partial charge in [-0.25, -0.2) is 18.3 Å². The molecule has 9 heteroatoms. The van der Waals surface area contributed by atoms with Crippen molar-refractivity contribution < 1.29 is 22.1 Å². The Hall–Kier alpha value is -1.64. The molecule has 1 unspecified atom stereocenters. The van der Waals surface area contributed by atoms with Crippen LogP contribution in [0.15, 0.2) is 36.4 Å². The molecule has 0 bridgehead atoms. The van der Waals surface area contributed by atoms with Crippen molar-refractivity contribution in [3.63, 3.8) is 0 Å². The maximum absolute atomic E-state index is 13.5. The number of benzene rings is 1. The fraction of sp³-hybridized carbons (Fsp3) is 0.353. The van der Waals surface area contributed by atoms with Gasteiger partial charge in [0.15, 0.2) is 0 Å². The highest BCUT2D eigenvalue weighted by molar-refractivity contribution is 7.84. The van der Waals surface area contributed by atoms with Crippen molar-refractivity contribution in [2.75, 3.05) is 0 Å². The summed E-state index contributed by atoms with van der Waals surface area (Å²) in [7, 11) is -1.51. The van der Waals surface area contributed by atoms with Gasteiger partial charge < -0.3 is 4.74 Å². The van der Waals surface area contributed by atoms with Crippen LogP contribution in [0.2, 0.25) is 5.02 Å². The Kier molecular flexibility index (Phi) is 6.65. The van der Waals surface area contributed by atoms with Crippen molar-refractivity contribution in [2.45, 2.75) is 38.2 Å². The van der Waals surface area contributed by atoms with E-state index in [1.807, 2.05) is 0 Å². The van der Waals surface area contributed by atoms with Crippen molar-refractivity contribution in [1.82, 2.24) is 9.71 Å². The summed E-state index contributed by atoms with van der Waals surface area (Å²) in [6.45, 7) is 2.30. The molecular formula is C17H18ClF3N2O2S. The van der Waals surface area contributed by atoms with E-state index in [1.165, 1.54) is 30.3 Å². The zero-order valence-electron chi connectivity index (χ0n) is 14.3. The zero-order chi connectivity index (χ0) is 19.5. The molecule has 0 fully saturated rings. The van der Waals surface area contributed by atoms with Crippen LogP contribution in [0.1, 0.15) is 38.1 Å². The fourth-order valence-electron chi connectivity index (χ4n) is 2.02. The lowest BCUT2D eigenvalue weighted by Gasteiger charge is -2.24. The average Bonchev–Trinajstić information content (AvgIpc) is 2.54. The molecular weight excluding hydrogens is 389 g/mol. The SMILES string of the molecule is CC(C)(C)[S@@](=O)NC(c1ccc(F)c(Cl)c1)c1cccc(OC(F)F)n1. The van der Waals surface area contributed by atoms with Gasteiger partial charge in [0.25, 0.3) is 0 Å². The first-order chi connectivity index (χ1) is 12.1. The van der Waals surface area contributed by atoms with Gasteiger partial charge in [0, 0.05) is 6.07 Å². The number of alkyl halides is 2. The Bertz CT molecular complexity index is 800. The van der Waals surface area contributed by atoms with Crippen molar-refractivity contribution >= 4 is 22.6 Å². The monoisotopic (exact) mass is 406 g/mol. The Morgan fingerprint density at radius 2 is 1.92 bits per heavy atom. The predicted molar refractivity (Wildman–Crippen MR) is 95.2 cm³/mol. The summed E-state index contributed by atoms with van der Waals surface area (Å²) < 4.78 is 57.6. The first kappa shape index (κ1) is 20.7. The van der Waals surface area contributed by atoms with Gasteiger partial charge in [0.2, 0.25) is 5.88 Å². The quantitative estimate of drug-likeness (QED) is 0.761. The molecule has 2 rings (SSSR count). The lowest BCUT2D eigenvalue weighted by atomic mass is 10.0. The fourth-order valence-corrected chi connectivity index (χ4v) is 3.04. The molecule has 0 radical (unpaired) electrons. The molecule has 0 aliphatic rings. The van der Waals surface area contributed by atoms with Crippen LogP contribution in [0.4, 0.5) is 13.2 Å². The van der Waals surface area contributed by atoms with Gasteiger partial charge in [-0.1, -0.05) is 23.7 Å². The molecule has 1 aromatic heterocycles. The summed E-state index contributed by atoms with van der Waals surface area (Å²) in [4.78, 5) is 4.04. The lowest BCUT2D eigenvalue weighted by molar-refractivity contribution is -0.0529. The van der Waals surface area contributed by atoms with Crippen LogP contribution >= 0.6 is 11.6 Å². The van der Waals surface area contributed by atoms with Crippen molar-refractivity contribution in [1.29, 1.82) is 0 Å². The first-order valence-corrected chi connectivity index (χ1v) is 9.15. The number of pyridine rings is 1. The van der Waals surface area contributed by atoms with Crippen LogP contribution in [-0.2, 0) is 11.0 Å². The van der Waals surface area contributed by atoms with Crippen molar-refractivity contribution in [3.05, 3.63) is 58.5 Å². The molecule has 4 nitrogen and oxygen atoms in total. The molecule has 0 aliphatic carbocycles. The maximum Gasteiger partial charge on any atom is 0.388 e. The summed E-state index contributed by atoms with van der Waals surface area (Å²) in [6.07, 6.45) is 0. The molecule has 0 aliphatic heterocycles. The topological polar surface area (TPSA) is 51.2 Å².